The molecular weight excluding hydrogens is 825 g/mol. The summed E-state index contributed by atoms with van der Waals surface area (Å²) >= 11 is 0. The van der Waals surface area contributed by atoms with Gasteiger partial charge < -0.3 is 64.2 Å². The quantitative estimate of drug-likeness (QED) is 0.0231. The molecule has 380 valence electrons. The van der Waals surface area contributed by atoms with Crippen LogP contribution in [0.5, 0.6) is 0 Å². The van der Waals surface area contributed by atoms with Crippen molar-refractivity contribution in [3.63, 3.8) is 0 Å². The molecule has 2 aliphatic heterocycles. The van der Waals surface area contributed by atoms with E-state index in [0.717, 1.165) is 38.5 Å². The van der Waals surface area contributed by atoms with Crippen molar-refractivity contribution in [1.82, 2.24) is 0 Å². The number of aliphatic hydroxyl groups is 7. The maximum absolute atomic E-state index is 12.9. The minimum Gasteiger partial charge on any atom is -0.457 e. The Balaban J connectivity index is 1.65. The van der Waals surface area contributed by atoms with Crippen molar-refractivity contribution in [2.45, 2.75) is 280 Å². The zero-order valence-electron chi connectivity index (χ0n) is 40.3. The number of rotatable bonds is 42. The van der Waals surface area contributed by atoms with Gasteiger partial charge in [-0.25, -0.2) is 0 Å². The fourth-order valence-corrected chi connectivity index (χ4v) is 8.58. The summed E-state index contributed by atoms with van der Waals surface area (Å²) in [6.07, 6.45) is 22.1. The first-order valence-corrected chi connectivity index (χ1v) is 26.1. The Morgan fingerprint density at radius 1 is 0.453 bits per heavy atom. The lowest BCUT2D eigenvalue weighted by atomic mass is 9.98. The van der Waals surface area contributed by atoms with Gasteiger partial charge in [0.2, 0.25) is 0 Å². The molecule has 0 saturated carbocycles. The van der Waals surface area contributed by atoms with E-state index < -0.39 is 80.7 Å². The van der Waals surface area contributed by atoms with E-state index in [0.29, 0.717) is 13.0 Å². The fraction of sp³-hybridized carbons (Fsp3) is 0.980. The van der Waals surface area contributed by atoms with Crippen LogP contribution in [0.15, 0.2) is 0 Å². The third-order valence-corrected chi connectivity index (χ3v) is 12.9. The largest absolute Gasteiger partial charge is 0.457 e. The number of hydrogen-bond donors (Lipinski definition) is 7. The zero-order valence-corrected chi connectivity index (χ0v) is 40.3. The lowest BCUT2D eigenvalue weighted by Crippen LogP contribution is -2.61. The van der Waals surface area contributed by atoms with E-state index in [1.807, 2.05) is 0 Å². The molecule has 0 aromatic heterocycles. The van der Waals surface area contributed by atoms with Gasteiger partial charge in [0.25, 0.3) is 0 Å². The average molecular weight is 921 g/mol. The highest BCUT2D eigenvalue weighted by molar-refractivity contribution is 5.69. The van der Waals surface area contributed by atoms with Gasteiger partial charge in [-0.15, -0.1) is 0 Å². The van der Waals surface area contributed by atoms with Gasteiger partial charge in [0.05, 0.1) is 26.4 Å². The first-order chi connectivity index (χ1) is 31.1. The van der Waals surface area contributed by atoms with Crippen LogP contribution in [0.1, 0.15) is 213 Å². The number of unbranched alkanes of at least 4 members (excludes halogenated alkanes) is 28. The van der Waals surface area contributed by atoms with Gasteiger partial charge in [-0.3, -0.25) is 4.79 Å². The highest BCUT2D eigenvalue weighted by Gasteiger charge is 2.47. The second-order valence-corrected chi connectivity index (χ2v) is 18.7. The summed E-state index contributed by atoms with van der Waals surface area (Å²) < 4.78 is 34.2. The van der Waals surface area contributed by atoms with E-state index >= 15 is 0 Å². The minimum atomic E-state index is -1.70. The first-order valence-electron chi connectivity index (χ1n) is 26.1. The molecular formula is C50H96O14. The number of carbonyl (C=O) groups excluding carboxylic acids is 1. The highest BCUT2D eigenvalue weighted by atomic mass is 16.7. The van der Waals surface area contributed by atoms with Crippen LogP contribution in [-0.4, -0.2) is 142 Å². The number of aliphatic hydroxyl groups excluding tert-OH is 7. The van der Waals surface area contributed by atoms with Crippen molar-refractivity contribution in [3.05, 3.63) is 0 Å². The molecule has 7 N–H and O–H groups in total. The maximum atomic E-state index is 12.9. The number of esters is 1. The van der Waals surface area contributed by atoms with E-state index in [4.69, 9.17) is 28.4 Å². The van der Waals surface area contributed by atoms with Crippen LogP contribution in [0.3, 0.4) is 0 Å². The lowest BCUT2D eigenvalue weighted by molar-refractivity contribution is -0.332. The molecule has 14 nitrogen and oxygen atoms in total. The molecule has 2 rings (SSSR count). The van der Waals surface area contributed by atoms with Crippen molar-refractivity contribution in [2.75, 3.05) is 33.0 Å². The number of hydrogen-bond acceptors (Lipinski definition) is 14. The summed E-state index contributed by atoms with van der Waals surface area (Å²) in [7, 11) is 0. The standard InChI is InChI=1S/C50H96O14/c1-3-5-7-9-11-12-13-14-15-16-17-18-19-20-21-22-23-24-25-26-28-30-32-34-59-36-39(62-42(52)33-31-29-27-10-8-6-4-2)37-60-49-48(58)46(56)44(54)41(64-49)38-61-50-47(57)45(55)43(53)40(35-51)63-50/h39-41,43-51,53-58H,3-38H2,1-2H3. The van der Waals surface area contributed by atoms with Gasteiger partial charge in [-0.05, 0) is 12.8 Å². The smallest absolute Gasteiger partial charge is 0.306 e. The van der Waals surface area contributed by atoms with E-state index in [-0.39, 0.29) is 25.6 Å². The number of ether oxygens (including phenoxy) is 6. The molecule has 14 heteroatoms. The Morgan fingerprint density at radius 2 is 0.828 bits per heavy atom. The second-order valence-electron chi connectivity index (χ2n) is 18.7. The molecule has 2 fully saturated rings. The molecule has 0 amide bonds. The van der Waals surface area contributed by atoms with Crippen LogP contribution in [0.2, 0.25) is 0 Å². The van der Waals surface area contributed by atoms with E-state index in [1.165, 1.54) is 148 Å². The Hall–Kier alpha value is -1.01. The highest BCUT2D eigenvalue weighted by Crippen LogP contribution is 2.26. The summed E-state index contributed by atoms with van der Waals surface area (Å²) in [6.45, 7) is 3.68. The molecule has 0 aliphatic carbocycles. The molecule has 2 saturated heterocycles. The summed E-state index contributed by atoms with van der Waals surface area (Å²) in [5, 5.41) is 71.9. The molecule has 0 spiro atoms. The van der Waals surface area contributed by atoms with Crippen molar-refractivity contribution < 1.29 is 69.0 Å². The number of carbonyl (C=O) groups is 1. The summed E-state index contributed by atoms with van der Waals surface area (Å²) in [4.78, 5) is 12.9. The molecule has 2 aliphatic rings. The third-order valence-electron chi connectivity index (χ3n) is 12.9. The van der Waals surface area contributed by atoms with E-state index in [2.05, 4.69) is 13.8 Å². The van der Waals surface area contributed by atoms with Crippen molar-refractivity contribution in [2.24, 2.45) is 0 Å². The normalized spacial score (nSPS) is 26.6. The van der Waals surface area contributed by atoms with Gasteiger partial charge >= 0.3 is 5.97 Å². The van der Waals surface area contributed by atoms with Crippen LogP contribution < -0.4 is 0 Å². The van der Waals surface area contributed by atoms with Crippen molar-refractivity contribution in [1.29, 1.82) is 0 Å². The SMILES string of the molecule is CCCCCCCCCCCCCCCCCCCCCCCCCOCC(COC1OC(COC2OC(CO)C(O)C(O)C2O)C(O)C(O)C1O)OC(=O)CCCCCCCCC. The monoisotopic (exact) mass is 921 g/mol. The third kappa shape index (κ3) is 26.5. The second kappa shape index (κ2) is 38.9. The molecule has 2 heterocycles. The lowest BCUT2D eigenvalue weighted by Gasteiger charge is -2.42. The Labute approximate surface area is 387 Å². The zero-order chi connectivity index (χ0) is 46.6. The van der Waals surface area contributed by atoms with Gasteiger partial charge in [-0.1, -0.05) is 194 Å². The van der Waals surface area contributed by atoms with Crippen LogP contribution in [0.25, 0.3) is 0 Å². The van der Waals surface area contributed by atoms with Gasteiger partial charge in [0.1, 0.15) is 54.9 Å². The average Bonchev–Trinajstić information content (AvgIpc) is 3.29. The topological polar surface area (TPSA) is 214 Å². The van der Waals surface area contributed by atoms with Gasteiger partial charge in [-0.2, -0.15) is 0 Å². The molecule has 64 heavy (non-hydrogen) atoms. The molecule has 11 unspecified atom stereocenters. The Kier molecular flexibility index (Phi) is 35.9. The first kappa shape index (κ1) is 59.1. The van der Waals surface area contributed by atoms with Gasteiger partial charge in [0.15, 0.2) is 12.6 Å². The minimum absolute atomic E-state index is 0.0692. The summed E-state index contributed by atoms with van der Waals surface area (Å²) in [5.41, 5.74) is 0. The Morgan fingerprint density at radius 3 is 1.27 bits per heavy atom. The molecule has 0 bridgehead atoms. The summed E-state index contributed by atoms with van der Waals surface area (Å²) in [5.74, 6) is -0.378. The molecule has 0 aromatic rings. The Bertz CT molecular complexity index is 1070. The van der Waals surface area contributed by atoms with Crippen LogP contribution in [-0.2, 0) is 33.2 Å². The summed E-state index contributed by atoms with van der Waals surface area (Å²) in [6, 6.07) is 0. The van der Waals surface area contributed by atoms with E-state index in [1.54, 1.807) is 0 Å². The predicted molar refractivity (Wildman–Crippen MR) is 248 cm³/mol. The van der Waals surface area contributed by atoms with E-state index in [9.17, 15) is 40.5 Å². The van der Waals surface area contributed by atoms with Gasteiger partial charge in [0, 0.05) is 13.0 Å². The maximum Gasteiger partial charge on any atom is 0.306 e. The van der Waals surface area contributed by atoms with Crippen molar-refractivity contribution in [3.8, 4) is 0 Å². The van der Waals surface area contributed by atoms with Crippen LogP contribution >= 0.6 is 0 Å². The van der Waals surface area contributed by atoms with Crippen LogP contribution in [0, 0.1) is 0 Å². The van der Waals surface area contributed by atoms with Crippen LogP contribution in [0.4, 0.5) is 0 Å². The van der Waals surface area contributed by atoms with Crippen molar-refractivity contribution >= 4 is 5.97 Å². The molecule has 11 atom stereocenters. The molecule has 0 radical (unpaired) electrons. The predicted octanol–water partition coefficient (Wildman–Crippen LogP) is 7.69. The molecule has 0 aromatic carbocycles. The fourth-order valence-electron chi connectivity index (χ4n) is 8.58.